The van der Waals surface area contributed by atoms with E-state index in [4.69, 9.17) is 10.5 Å². The minimum atomic E-state index is -0.555. The van der Waals surface area contributed by atoms with Crippen molar-refractivity contribution in [2.45, 2.75) is 19.6 Å². The van der Waals surface area contributed by atoms with Crippen molar-refractivity contribution in [3.8, 4) is 0 Å². The van der Waals surface area contributed by atoms with Crippen molar-refractivity contribution in [1.29, 1.82) is 0 Å². The Bertz CT molecular complexity index is 1260. The van der Waals surface area contributed by atoms with Gasteiger partial charge in [0, 0.05) is 50.6 Å². The van der Waals surface area contributed by atoms with Gasteiger partial charge in [0.15, 0.2) is 11.5 Å². The van der Waals surface area contributed by atoms with Crippen LogP contribution >= 0.6 is 0 Å². The number of imidazole rings is 1. The SMILES string of the molecule is COCc1cn2cc(NC(=O)c3ccc(NC[C@@H](C)N)c4nccnc34)cc(F)c2n1. The molecule has 3 heterocycles. The van der Waals surface area contributed by atoms with Crippen molar-refractivity contribution in [3.63, 3.8) is 0 Å². The molecule has 4 aromatic rings. The minimum absolute atomic E-state index is 0.0490. The maximum Gasteiger partial charge on any atom is 0.257 e. The summed E-state index contributed by atoms with van der Waals surface area (Å²) in [6, 6.07) is 4.58. The van der Waals surface area contributed by atoms with Crippen LogP contribution in [0.15, 0.2) is 43.0 Å². The average molecular weight is 423 g/mol. The van der Waals surface area contributed by atoms with Gasteiger partial charge in [0.05, 0.1) is 29.2 Å². The number of anilines is 2. The van der Waals surface area contributed by atoms with E-state index in [9.17, 15) is 9.18 Å². The molecule has 0 saturated carbocycles. The van der Waals surface area contributed by atoms with Gasteiger partial charge in [0.1, 0.15) is 11.0 Å². The Morgan fingerprint density at radius 2 is 2.03 bits per heavy atom. The summed E-state index contributed by atoms with van der Waals surface area (Å²) in [5.74, 6) is -0.986. The van der Waals surface area contributed by atoms with Crippen molar-refractivity contribution in [3.05, 3.63) is 60.1 Å². The van der Waals surface area contributed by atoms with Gasteiger partial charge in [-0.15, -0.1) is 0 Å². The average Bonchev–Trinajstić information content (AvgIpc) is 3.15. The molecule has 10 heteroatoms. The van der Waals surface area contributed by atoms with Gasteiger partial charge in [-0.05, 0) is 19.1 Å². The lowest BCUT2D eigenvalue weighted by Crippen LogP contribution is -2.25. The number of amides is 1. The Hall–Kier alpha value is -3.63. The van der Waals surface area contributed by atoms with Gasteiger partial charge < -0.3 is 25.5 Å². The Morgan fingerprint density at radius 1 is 1.26 bits per heavy atom. The maximum absolute atomic E-state index is 14.5. The number of methoxy groups -OCH3 is 1. The van der Waals surface area contributed by atoms with Crippen molar-refractivity contribution in [2.24, 2.45) is 5.73 Å². The quantitative estimate of drug-likeness (QED) is 0.418. The zero-order valence-corrected chi connectivity index (χ0v) is 17.1. The summed E-state index contributed by atoms with van der Waals surface area (Å²) < 4.78 is 21.0. The first kappa shape index (κ1) is 20.6. The van der Waals surface area contributed by atoms with Crippen LogP contribution in [0.2, 0.25) is 0 Å². The monoisotopic (exact) mass is 423 g/mol. The number of fused-ring (bicyclic) bond motifs is 2. The minimum Gasteiger partial charge on any atom is -0.382 e. The Labute approximate surface area is 177 Å². The van der Waals surface area contributed by atoms with Crippen molar-refractivity contribution >= 4 is 34.0 Å². The van der Waals surface area contributed by atoms with Crippen molar-refractivity contribution in [2.75, 3.05) is 24.3 Å². The number of carbonyl (C=O) groups is 1. The van der Waals surface area contributed by atoms with Crippen LogP contribution < -0.4 is 16.4 Å². The van der Waals surface area contributed by atoms with Crippen LogP contribution in [0.4, 0.5) is 15.8 Å². The first-order valence-electron chi connectivity index (χ1n) is 9.67. The number of hydrogen-bond acceptors (Lipinski definition) is 7. The fourth-order valence-corrected chi connectivity index (χ4v) is 3.25. The van der Waals surface area contributed by atoms with Gasteiger partial charge in [-0.1, -0.05) is 0 Å². The number of aromatic nitrogens is 4. The van der Waals surface area contributed by atoms with E-state index in [0.717, 1.165) is 5.69 Å². The highest BCUT2D eigenvalue weighted by atomic mass is 19.1. The molecule has 9 nitrogen and oxygen atoms in total. The lowest BCUT2D eigenvalue weighted by molar-refractivity contribution is 0.102. The predicted molar refractivity (Wildman–Crippen MR) is 115 cm³/mol. The number of nitrogens with zero attached hydrogens (tertiary/aromatic N) is 4. The van der Waals surface area contributed by atoms with Crippen LogP contribution in [0.1, 0.15) is 23.0 Å². The standard InChI is InChI=1S/C21H22FN7O2/c1-12(23)8-26-17-4-3-15(18-19(17)25-6-5-24-18)21(30)28-13-7-16(22)20-27-14(11-31-2)10-29(20)9-13/h3-7,9-10,12,26H,8,11,23H2,1-2H3,(H,28,30)/t12-/m1/s1. The van der Waals surface area contributed by atoms with Crippen molar-refractivity contribution < 1.29 is 13.9 Å². The number of hydrogen-bond donors (Lipinski definition) is 3. The van der Waals surface area contributed by atoms with Crippen molar-refractivity contribution in [1.82, 2.24) is 19.4 Å². The van der Waals surface area contributed by atoms with E-state index in [-0.39, 0.29) is 24.0 Å². The smallest absolute Gasteiger partial charge is 0.257 e. The number of pyridine rings is 1. The molecule has 31 heavy (non-hydrogen) atoms. The molecule has 1 atom stereocenters. The molecule has 0 saturated heterocycles. The van der Waals surface area contributed by atoms with Crippen LogP contribution in [0.25, 0.3) is 16.7 Å². The number of nitrogens with one attached hydrogen (secondary N) is 2. The molecule has 0 unspecified atom stereocenters. The molecule has 0 radical (unpaired) electrons. The summed E-state index contributed by atoms with van der Waals surface area (Å²) in [5.41, 5.74) is 8.87. The van der Waals surface area contributed by atoms with Gasteiger partial charge in [0.25, 0.3) is 5.91 Å². The summed E-state index contributed by atoms with van der Waals surface area (Å²) in [4.78, 5) is 25.8. The van der Waals surface area contributed by atoms with E-state index in [1.165, 1.54) is 23.8 Å². The zero-order chi connectivity index (χ0) is 22.0. The van der Waals surface area contributed by atoms with Gasteiger partial charge >= 0.3 is 0 Å². The normalized spacial score (nSPS) is 12.3. The molecule has 3 aromatic heterocycles. The number of carbonyl (C=O) groups excluding carboxylic acids is 1. The molecule has 0 aliphatic carbocycles. The maximum atomic E-state index is 14.5. The highest BCUT2D eigenvalue weighted by molar-refractivity contribution is 6.13. The van der Waals surface area contributed by atoms with E-state index in [1.807, 2.05) is 6.92 Å². The molecule has 0 fully saturated rings. The largest absolute Gasteiger partial charge is 0.382 e. The number of ether oxygens (including phenoxy) is 1. The Morgan fingerprint density at radius 3 is 2.77 bits per heavy atom. The molecule has 0 aliphatic heterocycles. The number of nitrogens with two attached hydrogens (primary N) is 1. The van der Waals surface area contributed by atoms with Gasteiger partial charge in [0.2, 0.25) is 0 Å². The molecule has 4 rings (SSSR count). The van der Waals surface area contributed by atoms with Crippen LogP contribution in [-0.4, -0.2) is 45.0 Å². The molecule has 1 aromatic carbocycles. The van der Waals surface area contributed by atoms with Crippen LogP contribution in [-0.2, 0) is 11.3 Å². The summed E-state index contributed by atoms with van der Waals surface area (Å²) in [7, 11) is 1.54. The van der Waals surface area contributed by atoms with Gasteiger partial charge in [-0.25, -0.2) is 9.37 Å². The van der Waals surface area contributed by atoms with E-state index >= 15 is 0 Å². The van der Waals surface area contributed by atoms with Gasteiger partial charge in [-0.2, -0.15) is 0 Å². The lowest BCUT2D eigenvalue weighted by Gasteiger charge is -2.13. The van der Waals surface area contributed by atoms with E-state index in [0.29, 0.717) is 28.8 Å². The van der Waals surface area contributed by atoms with Crippen LogP contribution in [0, 0.1) is 5.82 Å². The summed E-state index contributed by atoms with van der Waals surface area (Å²) in [6.07, 6.45) is 6.32. The first-order chi connectivity index (χ1) is 15.0. The molecule has 4 N–H and O–H groups in total. The number of benzene rings is 1. The highest BCUT2D eigenvalue weighted by Gasteiger charge is 2.16. The second-order valence-corrected chi connectivity index (χ2v) is 7.20. The molecule has 0 bridgehead atoms. The van der Waals surface area contributed by atoms with Crippen LogP contribution in [0.5, 0.6) is 0 Å². The summed E-state index contributed by atoms with van der Waals surface area (Å²) >= 11 is 0. The fourth-order valence-electron chi connectivity index (χ4n) is 3.25. The second kappa shape index (κ2) is 8.62. The molecule has 0 aliphatic rings. The van der Waals surface area contributed by atoms with E-state index in [1.54, 1.807) is 30.7 Å². The van der Waals surface area contributed by atoms with Gasteiger partial charge in [-0.3, -0.25) is 14.8 Å². The molecule has 0 spiro atoms. The topological polar surface area (TPSA) is 119 Å². The third-order valence-electron chi connectivity index (χ3n) is 4.59. The Balaban J connectivity index is 1.65. The first-order valence-corrected chi connectivity index (χ1v) is 9.67. The third-order valence-corrected chi connectivity index (χ3v) is 4.59. The molecule has 1 amide bonds. The fraction of sp³-hybridized carbons (Fsp3) is 0.238. The molecular weight excluding hydrogens is 401 g/mol. The highest BCUT2D eigenvalue weighted by Crippen LogP contribution is 2.24. The zero-order valence-electron chi connectivity index (χ0n) is 17.1. The predicted octanol–water partition coefficient (Wildman–Crippen LogP) is 2.57. The van der Waals surface area contributed by atoms with Crippen LogP contribution in [0.3, 0.4) is 0 Å². The summed E-state index contributed by atoms with van der Waals surface area (Å²) in [6.45, 7) is 2.69. The van der Waals surface area contributed by atoms with E-state index < -0.39 is 11.7 Å². The van der Waals surface area contributed by atoms with E-state index in [2.05, 4.69) is 25.6 Å². The number of halogens is 1. The molecule has 160 valence electrons. The second-order valence-electron chi connectivity index (χ2n) is 7.20. The molecular formula is C21H22FN7O2. The Kier molecular flexibility index (Phi) is 5.74. The lowest BCUT2D eigenvalue weighted by atomic mass is 10.1. The number of rotatable bonds is 7. The third kappa shape index (κ3) is 4.30. The summed E-state index contributed by atoms with van der Waals surface area (Å²) in [5, 5.41) is 5.94.